The van der Waals surface area contributed by atoms with Gasteiger partial charge in [-0.3, -0.25) is 0 Å². The van der Waals surface area contributed by atoms with Crippen molar-refractivity contribution in [1.82, 2.24) is 15.5 Å². The van der Waals surface area contributed by atoms with E-state index in [1.54, 1.807) is 0 Å². The van der Waals surface area contributed by atoms with Crippen LogP contribution < -0.4 is 10.2 Å². The maximum atomic E-state index is 12.4. The van der Waals surface area contributed by atoms with Crippen LogP contribution >= 0.6 is 11.3 Å². The highest BCUT2D eigenvalue weighted by Crippen LogP contribution is 2.30. The van der Waals surface area contributed by atoms with Gasteiger partial charge in [0.15, 0.2) is 5.01 Å². The second-order valence-electron chi connectivity index (χ2n) is 4.55. The number of anilines is 1. The largest absolute Gasteiger partial charge is 0.347 e. The SMILES string of the molecule is CNCCC1CCN(c2nnc(C(F)F)s2)CC1. The molecule has 2 heterocycles. The minimum absolute atomic E-state index is 0.178. The standard InChI is InChI=1S/C11H18F2N4S/c1-14-5-2-8-3-6-17(7-4-8)11-16-15-10(18-11)9(12)13/h8-9,14H,2-7H2,1H3. The summed E-state index contributed by atoms with van der Waals surface area (Å²) in [5, 5.41) is 11.0. The summed E-state index contributed by atoms with van der Waals surface area (Å²) in [6.07, 6.45) is 0.878. The van der Waals surface area contributed by atoms with Gasteiger partial charge in [-0.2, -0.15) is 0 Å². The zero-order valence-corrected chi connectivity index (χ0v) is 11.2. The fraction of sp³-hybridized carbons (Fsp3) is 0.818. The van der Waals surface area contributed by atoms with E-state index in [1.165, 1.54) is 6.42 Å². The number of piperidine rings is 1. The maximum Gasteiger partial charge on any atom is 0.291 e. The van der Waals surface area contributed by atoms with Crippen LogP contribution in [0.15, 0.2) is 0 Å². The lowest BCUT2D eigenvalue weighted by molar-refractivity contribution is 0.150. The van der Waals surface area contributed by atoms with Crippen LogP contribution in [0.3, 0.4) is 0 Å². The van der Waals surface area contributed by atoms with Gasteiger partial charge in [0.2, 0.25) is 5.13 Å². The van der Waals surface area contributed by atoms with Crippen LogP contribution in [0.1, 0.15) is 30.7 Å². The van der Waals surface area contributed by atoms with Crippen molar-refractivity contribution in [2.24, 2.45) is 5.92 Å². The van der Waals surface area contributed by atoms with Crippen LogP contribution in [0.4, 0.5) is 13.9 Å². The molecule has 2 rings (SSSR count). The molecule has 1 aliphatic rings. The fourth-order valence-electron chi connectivity index (χ4n) is 2.20. The van der Waals surface area contributed by atoms with Gasteiger partial charge in [0.1, 0.15) is 0 Å². The molecule has 18 heavy (non-hydrogen) atoms. The van der Waals surface area contributed by atoms with Gasteiger partial charge in [0, 0.05) is 13.1 Å². The Hall–Kier alpha value is -0.820. The van der Waals surface area contributed by atoms with Crippen molar-refractivity contribution in [3.8, 4) is 0 Å². The van der Waals surface area contributed by atoms with Crippen LogP contribution in [0.25, 0.3) is 0 Å². The maximum absolute atomic E-state index is 12.4. The average molecular weight is 276 g/mol. The number of alkyl halides is 2. The Balaban J connectivity index is 1.85. The van der Waals surface area contributed by atoms with Crippen LogP contribution in [-0.2, 0) is 0 Å². The normalized spacial score (nSPS) is 17.7. The number of hydrogen-bond donors (Lipinski definition) is 1. The van der Waals surface area contributed by atoms with E-state index in [0.29, 0.717) is 5.13 Å². The monoisotopic (exact) mass is 276 g/mol. The van der Waals surface area contributed by atoms with Crippen LogP contribution in [0, 0.1) is 5.92 Å². The number of nitrogens with one attached hydrogen (secondary N) is 1. The molecule has 0 bridgehead atoms. The minimum atomic E-state index is -2.51. The Bertz CT molecular complexity index is 364. The third-order valence-electron chi connectivity index (χ3n) is 3.30. The summed E-state index contributed by atoms with van der Waals surface area (Å²) in [4.78, 5) is 2.07. The molecule has 0 amide bonds. The van der Waals surface area contributed by atoms with Crippen molar-refractivity contribution < 1.29 is 8.78 Å². The summed E-state index contributed by atoms with van der Waals surface area (Å²) >= 11 is 1.01. The van der Waals surface area contributed by atoms with E-state index in [4.69, 9.17) is 0 Å². The first-order valence-corrected chi connectivity index (χ1v) is 7.03. The topological polar surface area (TPSA) is 41.0 Å². The lowest BCUT2D eigenvalue weighted by Gasteiger charge is -2.31. The highest BCUT2D eigenvalue weighted by Gasteiger charge is 2.23. The minimum Gasteiger partial charge on any atom is -0.347 e. The van der Waals surface area contributed by atoms with E-state index >= 15 is 0 Å². The Labute approximate surface area is 109 Å². The second-order valence-corrected chi connectivity index (χ2v) is 5.53. The van der Waals surface area contributed by atoms with Crippen molar-refractivity contribution in [1.29, 1.82) is 0 Å². The highest BCUT2D eigenvalue weighted by molar-refractivity contribution is 7.15. The molecule has 0 spiro atoms. The molecule has 1 aromatic heterocycles. The van der Waals surface area contributed by atoms with Crippen molar-refractivity contribution in [2.45, 2.75) is 25.7 Å². The van der Waals surface area contributed by atoms with Gasteiger partial charge in [0.05, 0.1) is 0 Å². The Morgan fingerprint density at radius 3 is 2.67 bits per heavy atom. The van der Waals surface area contributed by atoms with E-state index in [1.807, 2.05) is 7.05 Å². The predicted octanol–water partition coefficient (Wildman–Crippen LogP) is 2.30. The number of aromatic nitrogens is 2. The van der Waals surface area contributed by atoms with Crippen molar-refractivity contribution in [3.05, 3.63) is 5.01 Å². The zero-order chi connectivity index (χ0) is 13.0. The molecule has 1 aromatic rings. The first-order valence-electron chi connectivity index (χ1n) is 6.21. The summed E-state index contributed by atoms with van der Waals surface area (Å²) < 4.78 is 24.9. The van der Waals surface area contributed by atoms with Crippen LogP contribution in [-0.4, -0.2) is 36.9 Å². The van der Waals surface area contributed by atoms with E-state index in [2.05, 4.69) is 20.4 Å². The molecule has 0 atom stereocenters. The molecule has 1 N–H and O–H groups in total. The summed E-state index contributed by atoms with van der Waals surface area (Å²) in [5.41, 5.74) is 0. The van der Waals surface area contributed by atoms with Gasteiger partial charge in [0.25, 0.3) is 6.43 Å². The third-order valence-corrected chi connectivity index (χ3v) is 4.30. The first-order chi connectivity index (χ1) is 8.70. The van der Waals surface area contributed by atoms with E-state index < -0.39 is 6.43 Å². The first kappa shape index (κ1) is 13.6. The lowest BCUT2D eigenvalue weighted by Crippen LogP contribution is -2.34. The fourth-order valence-corrected chi connectivity index (χ4v) is 2.95. The summed E-state index contributed by atoms with van der Waals surface area (Å²) in [7, 11) is 1.96. The molecular formula is C11H18F2N4S. The Morgan fingerprint density at radius 2 is 2.11 bits per heavy atom. The number of nitrogens with zero attached hydrogens (tertiary/aromatic N) is 3. The highest BCUT2D eigenvalue weighted by atomic mass is 32.1. The number of rotatable bonds is 5. The third kappa shape index (κ3) is 3.35. The quantitative estimate of drug-likeness (QED) is 0.896. The van der Waals surface area contributed by atoms with Gasteiger partial charge in [-0.05, 0) is 38.8 Å². The number of halogens is 2. The molecule has 0 aromatic carbocycles. The van der Waals surface area contributed by atoms with Crippen molar-refractivity contribution >= 4 is 16.5 Å². The Morgan fingerprint density at radius 1 is 1.39 bits per heavy atom. The molecule has 1 aliphatic heterocycles. The van der Waals surface area contributed by atoms with Gasteiger partial charge in [-0.1, -0.05) is 11.3 Å². The summed E-state index contributed by atoms with van der Waals surface area (Å²) in [6.45, 7) is 2.83. The van der Waals surface area contributed by atoms with E-state index in [0.717, 1.165) is 49.7 Å². The van der Waals surface area contributed by atoms with Crippen molar-refractivity contribution in [3.63, 3.8) is 0 Å². The molecule has 7 heteroatoms. The van der Waals surface area contributed by atoms with Crippen LogP contribution in [0.5, 0.6) is 0 Å². The molecule has 0 aliphatic carbocycles. The summed E-state index contributed by atoms with van der Waals surface area (Å²) in [5.74, 6) is 0.733. The molecule has 4 nitrogen and oxygen atoms in total. The molecule has 102 valence electrons. The van der Waals surface area contributed by atoms with Crippen molar-refractivity contribution in [2.75, 3.05) is 31.6 Å². The van der Waals surface area contributed by atoms with Gasteiger partial charge >= 0.3 is 0 Å². The second kappa shape index (κ2) is 6.38. The van der Waals surface area contributed by atoms with Gasteiger partial charge in [-0.25, -0.2) is 8.78 Å². The molecular weight excluding hydrogens is 258 g/mol. The lowest BCUT2D eigenvalue weighted by atomic mass is 9.94. The average Bonchev–Trinajstić information content (AvgIpc) is 2.87. The van der Waals surface area contributed by atoms with E-state index in [-0.39, 0.29) is 5.01 Å². The van der Waals surface area contributed by atoms with Crippen LogP contribution in [0.2, 0.25) is 0 Å². The van der Waals surface area contributed by atoms with Gasteiger partial charge < -0.3 is 10.2 Å². The van der Waals surface area contributed by atoms with Gasteiger partial charge in [-0.15, -0.1) is 10.2 Å². The zero-order valence-electron chi connectivity index (χ0n) is 10.4. The predicted molar refractivity (Wildman–Crippen MR) is 68.3 cm³/mol. The molecule has 0 unspecified atom stereocenters. The molecule has 1 fully saturated rings. The molecule has 0 saturated carbocycles. The smallest absolute Gasteiger partial charge is 0.291 e. The summed E-state index contributed by atoms with van der Waals surface area (Å²) in [6, 6.07) is 0. The van der Waals surface area contributed by atoms with E-state index in [9.17, 15) is 8.78 Å². The number of hydrogen-bond acceptors (Lipinski definition) is 5. The molecule has 0 radical (unpaired) electrons. The Kier molecular flexibility index (Phi) is 4.82. The molecule has 1 saturated heterocycles.